The first kappa shape index (κ1) is 24.6. The summed E-state index contributed by atoms with van der Waals surface area (Å²) in [7, 11) is -3.62. The zero-order valence-corrected chi connectivity index (χ0v) is 20.2. The van der Waals surface area contributed by atoms with Gasteiger partial charge in [-0.3, -0.25) is 9.10 Å². The molecule has 0 saturated heterocycles. The molecule has 164 valence electrons. The zero-order valence-electron chi connectivity index (χ0n) is 17.8. The van der Waals surface area contributed by atoms with E-state index >= 15 is 0 Å². The largest absolute Gasteiger partial charge is 0.353 e. The van der Waals surface area contributed by atoms with Gasteiger partial charge in [-0.05, 0) is 61.2 Å². The van der Waals surface area contributed by atoms with Crippen LogP contribution in [0.2, 0.25) is 5.02 Å². The topological polar surface area (TPSA) is 66.5 Å². The number of sulfonamides is 1. The Morgan fingerprint density at radius 2 is 1.80 bits per heavy atom. The summed E-state index contributed by atoms with van der Waals surface area (Å²) in [6.07, 6.45) is 1.52. The quantitative estimate of drug-likeness (QED) is 0.519. The summed E-state index contributed by atoms with van der Waals surface area (Å²) in [6, 6.07) is 12.3. The highest BCUT2D eigenvalue weighted by Crippen LogP contribution is 2.25. The Labute approximate surface area is 189 Å². The number of carbonyl (C=O) groups is 1. The van der Waals surface area contributed by atoms with Gasteiger partial charge in [-0.25, -0.2) is 8.42 Å². The fourth-order valence-electron chi connectivity index (χ4n) is 3.06. The molecule has 0 unspecified atom stereocenters. The molecule has 1 atom stereocenters. The maximum atomic E-state index is 12.8. The summed E-state index contributed by atoms with van der Waals surface area (Å²) < 4.78 is 26.3. The summed E-state index contributed by atoms with van der Waals surface area (Å²) in [6.45, 7) is 6.19. The monoisotopic (exact) mass is 468 g/mol. The van der Waals surface area contributed by atoms with Crippen molar-refractivity contribution in [2.24, 2.45) is 0 Å². The van der Waals surface area contributed by atoms with Gasteiger partial charge in [0.15, 0.2) is 0 Å². The Bertz CT molecular complexity index is 963. The lowest BCUT2D eigenvalue weighted by Crippen LogP contribution is -2.49. The number of benzene rings is 2. The van der Waals surface area contributed by atoms with Gasteiger partial charge in [0.2, 0.25) is 15.9 Å². The number of thioether (sulfide) groups is 1. The average Bonchev–Trinajstić information content (AvgIpc) is 2.68. The van der Waals surface area contributed by atoms with E-state index in [0.29, 0.717) is 23.7 Å². The van der Waals surface area contributed by atoms with Crippen molar-refractivity contribution in [2.45, 2.75) is 39.0 Å². The Kier molecular flexibility index (Phi) is 9.07. The van der Waals surface area contributed by atoms with Gasteiger partial charge in [0.05, 0.1) is 11.9 Å². The van der Waals surface area contributed by atoms with E-state index in [2.05, 4.69) is 5.32 Å². The third-order valence-corrected chi connectivity index (χ3v) is 7.26. The molecule has 0 aliphatic heterocycles. The van der Waals surface area contributed by atoms with Crippen molar-refractivity contribution in [3.63, 3.8) is 0 Å². The molecule has 2 rings (SSSR count). The van der Waals surface area contributed by atoms with Crippen molar-refractivity contribution in [1.29, 1.82) is 0 Å². The molecule has 0 bridgehead atoms. The Hall–Kier alpha value is -1.70. The Morgan fingerprint density at radius 1 is 1.13 bits per heavy atom. The normalized spacial score (nSPS) is 12.4. The van der Waals surface area contributed by atoms with Crippen LogP contribution in [0.1, 0.15) is 30.0 Å². The second-order valence-corrected chi connectivity index (χ2v) is 10.6. The second-order valence-electron chi connectivity index (χ2n) is 7.22. The van der Waals surface area contributed by atoms with E-state index in [0.717, 1.165) is 28.9 Å². The van der Waals surface area contributed by atoms with E-state index in [1.54, 1.807) is 17.8 Å². The molecule has 0 aliphatic carbocycles. The molecule has 0 aromatic heterocycles. The van der Waals surface area contributed by atoms with Gasteiger partial charge in [-0.15, -0.1) is 0 Å². The van der Waals surface area contributed by atoms with Gasteiger partial charge < -0.3 is 5.32 Å². The van der Waals surface area contributed by atoms with Crippen LogP contribution in [0, 0.1) is 13.8 Å². The lowest BCUT2D eigenvalue weighted by atomic mass is 10.1. The molecule has 30 heavy (non-hydrogen) atoms. The van der Waals surface area contributed by atoms with E-state index in [-0.39, 0.29) is 5.91 Å². The van der Waals surface area contributed by atoms with Crippen LogP contribution < -0.4 is 9.62 Å². The minimum Gasteiger partial charge on any atom is -0.353 e. The molecule has 2 aromatic rings. The molecule has 0 spiro atoms. The molecule has 0 aliphatic rings. The van der Waals surface area contributed by atoms with Crippen LogP contribution in [0.15, 0.2) is 42.5 Å². The van der Waals surface area contributed by atoms with Crippen molar-refractivity contribution in [3.05, 3.63) is 64.2 Å². The van der Waals surface area contributed by atoms with Crippen LogP contribution >= 0.6 is 23.4 Å². The highest BCUT2D eigenvalue weighted by molar-refractivity contribution is 7.98. The van der Waals surface area contributed by atoms with Crippen LogP contribution in [0.25, 0.3) is 0 Å². The lowest BCUT2D eigenvalue weighted by molar-refractivity contribution is -0.122. The molecular formula is C22H29ClN2O3S2. The second kappa shape index (κ2) is 11.1. The van der Waals surface area contributed by atoms with Crippen molar-refractivity contribution >= 4 is 45.0 Å². The number of nitrogens with one attached hydrogen (secondary N) is 1. The number of aryl methyl sites for hydroxylation is 2. The van der Waals surface area contributed by atoms with E-state index in [1.165, 1.54) is 9.87 Å². The summed E-state index contributed by atoms with van der Waals surface area (Å²) in [5.41, 5.74) is 3.73. The fraction of sp³-hybridized carbons (Fsp3) is 0.409. The van der Waals surface area contributed by atoms with E-state index in [9.17, 15) is 13.2 Å². The molecule has 1 N–H and O–H groups in total. The van der Waals surface area contributed by atoms with Gasteiger partial charge in [0.1, 0.15) is 6.04 Å². The molecule has 0 radical (unpaired) electrons. The third kappa shape index (κ3) is 6.93. The molecule has 2 aromatic carbocycles. The van der Waals surface area contributed by atoms with Gasteiger partial charge in [-0.1, -0.05) is 36.7 Å². The standard InChI is InChI=1S/C22H29ClN2O3S2/c1-5-21(25(30(4,27)28)20-11-6-16(2)17(3)14-20)22(26)24-12-13-29-15-18-7-9-19(23)10-8-18/h6-11,14,21H,5,12-13,15H2,1-4H3,(H,24,26)/t21-/m0/s1. The number of nitrogens with zero attached hydrogens (tertiary/aromatic N) is 1. The smallest absolute Gasteiger partial charge is 0.243 e. The highest BCUT2D eigenvalue weighted by Gasteiger charge is 2.31. The first-order valence-electron chi connectivity index (χ1n) is 9.80. The number of rotatable bonds is 10. The highest BCUT2D eigenvalue weighted by atomic mass is 35.5. The molecule has 0 saturated carbocycles. The molecule has 1 amide bonds. The average molecular weight is 469 g/mol. The third-order valence-electron chi connectivity index (χ3n) is 4.80. The minimum absolute atomic E-state index is 0.284. The number of hydrogen-bond acceptors (Lipinski definition) is 4. The number of halogens is 1. The van der Waals surface area contributed by atoms with E-state index in [4.69, 9.17) is 11.6 Å². The summed E-state index contributed by atoms with van der Waals surface area (Å²) >= 11 is 7.59. The molecule has 8 heteroatoms. The summed E-state index contributed by atoms with van der Waals surface area (Å²) in [5.74, 6) is 1.27. The van der Waals surface area contributed by atoms with Crippen LogP contribution in [0.5, 0.6) is 0 Å². The van der Waals surface area contributed by atoms with Crippen LogP contribution in [0.3, 0.4) is 0 Å². The zero-order chi connectivity index (χ0) is 22.3. The van der Waals surface area contributed by atoms with Crippen molar-refractivity contribution < 1.29 is 13.2 Å². The van der Waals surface area contributed by atoms with Crippen molar-refractivity contribution in [1.82, 2.24) is 5.32 Å². The lowest BCUT2D eigenvalue weighted by Gasteiger charge is -2.30. The maximum Gasteiger partial charge on any atom is 0.243 e. The number of hydrogen-bond donors (Lipinski definition) is 1. The van der Waals surface area contributed by atoms with Crippen LogP contribution in [-0.4, -0.2) is 38.9 Å². The Balaban J connectivity index is 1.99. The molecule has 0 fully saturated rings. The Morgan fingerprint density at radius 3 is 2.37 bits per heavy atom. The van der Waals surface area contributed by atoms with Gasteiger partial charge in [-0.2, -0.15) is 11.8 Å². The molecule has 0 heterocycles. The summed E-state index contributed by atoms with van der Waals surface area (Å²) in [4.78, 5) is 12.8. The predicted octanol–water partition coefficient (Wildman–Crippen LogP) is 4.55. The number of amides is 1. The summed E-state index contributed by atoms with van der Waals surface area (Å²) in [5, 5.41) is 3.60. The van der Waals surface area contributed by atoms with Crippen molar-refractivity contribution in [2.75, 3.05) is 22.9 Å². The minimum atomic E-state index is -3.62. The van der Waals surface area contributed by atoms with Gasteiger partial charge in [0.25, 0.3) is 0 Å². The number of anilines is 1. The van der Waals surface area contributed by atoms with Gasteiger partial charge in [0, 0.05) is 23.1 Å². The molecule has 5 nitrogen and oxygen atoms in total. The van der Waals surface area contributed by atoms with Crippen molar-refractivity contribution in [3.8, 4) is 0 Å². The van der Waals surface area contributed by atoms with Crippen LogP contribution in [-0.2, 0) is 20.6 Å². The SMILES string of the molecule is CC[C@@H](C(=O)NCCSCc1ccc(Cl)cc1)N(c1ccc(C)c(C)c1)S(C)(=O)=O. The first-order valence-corrected chi connectivity index (χ1v) is 13.2. The maximum absolute atomic E-state index is 12.8. The van der Waals surface area contributed by atoms with E-state index in [1.807, 2.05) is 57.2 Å². The van der Waals surface area contributed by atoms with Gasteiger partial charge >= 0.3 is 0 Å². The first-order chi connectivity index (χ1) is 14.1. The number of carbonyl (C=O) groups excluding carboxylic acids is 1. The fourth-order valence-corrected chi connectivity index (χ4v) is 5.21. The predicted molar refractivity (Wildman–Crippen MR) is 128 cm³/mol. The van der Waals surface area contributed by atoms with E-state index < -0.39 is 16.1 Å². The van der Waals surface area contributed by atoms with Crippen LogP contribution in [0.4, 0.5) is 5.69 Å². The molecular weight excluding hydrogens is 440 g/mol.